The molecule has 1 saturated heterocycles. The molecule has 0 N–H and O–H groups in total. The summed E-state index contributed by atoms with van der Waals surface area (Å²) in [4.78, 5) is 2.55. The molecule has 0 atom stereocenters. The molecule has 0 amide bonds. The third kappa shape index (κ3) is 2.73. The Kier molecular flexibility index (Phi) is 4.07. The number of likely N-dealkylation sites (tertiary alicyclic amines) is 1. The van der Waals surface area contributed by atoms with Gasteiger partial charge in [-0.05, 0) is 50.2 Å². The van der Waals surface area contributed by atoms with Crippen LogP contribution in [-0.2, 0) is 6.54 Å². The summed E-state index contributed by atoms with van der Waals surface area (Å²) in [5, 5.41) is 0. The summed E-state index contributed by atoms with van der Waals surface area (Å²) >= 11 is 0. The van der Waals surface area contributed by atoms with Crippen LogP contribution in [0.4, 0.5) is 0 Å². The van der Waals surface area contributed by atoms with Crippen LogP contribution in [-0.4, -0.2) is 29.7 Å². The summed E-state index contributed by atoms with van der Waals surface area (Å²) in [5.41, 5.74) is 2.45. The van der Waals surface area contributed by atoms with Gasteiger partial charge in [-0.1, -0.05) is 18.6 Å². The highest BCUT2D eigenvalue weighted by atomic mass is 16.5. The maximum Gasteiger partial charge on any atom is 0.142 e. The van der Waals surface area contributed by atoms with Crippen LogP contribution in [0.15, 0.2) is 42.6 Å². The molecule has 3 heteroatoms. The SMILES string of the molecule is COc1ccccc1-n1cccc1CN1CCCCC1. The zero-order valence-electron chi connectivity index (χ0n) is 12.1. The number of rotatable bonds is 4. The van der Waals surface area contributed by atoms with Crippen LogP contribution in [0.5, 0.6) is 5.75 Å². The summed E-state index contributed by atoms with van der Waals surface area (Å²) in [6.07, 6.45) is 6.16. The van der Waals surface area contributed by atoms with Crippen LogP contribution in [0.3, 0.4) is 0 Å². The maximum atomic E-state index is 5.48. The van der Waals surface area contributed by atoms with Crippen LogP contribution >= 0.6 is 0 Å². The number of nitrogens with zero attached hydrogens (tertiary/aromatic N) is 2. The Bertz CT molecular complexity index is 556. The van der Waals surface area contributed by atoms with Crippen molar-refractivity contribution in [1.29, 1.82) is 0 Å². The van der Waals surface area contributed by atoms with Crippen molar-refractivity contribution in [3.05, 3.63) is 48.3 Å². The highest BCUT2D eigenvalue weighted by molar-refractivity contribution is 5.48. The zero-order chi connectivity index (χ0) is 13.8. The molecule has 0 saturated carbocycles. The van der Waals surface area contributed by atoms with E-state index in [0.29, 0.717) is 0 Å². The van der Waals surface area contributed by atoms with Gasteiger partial charge in [-0.15, -0.1) is 0 Å². The van der Waals surface area contributed by atoms with Crippen molar-refractivity contribution in [1.82, 2.24) is 9.47 Å². The second kappa shape index (κ2) is 6.14. The third-order valence-electron chi connectivity index (χ3n) is 4.01. The smallest absolute Gasteiger partial charge is 0.142 e. The molecule has 0 radical (unpaired) electrons. The van der Waals surface area contributed by atoms with Gasteiger partial charge in [-0.2, -0.15) is 0 Å². The van der Waals surface area contributed by atoms with E-state index in [0.717, 1.165) is 18.0 Å². The van der Waals surface area contributed by atoms with Gasteiger partial charge in [0.15, 0.2) is 0 Å². The Labute approximate surface area is 120 Å². The van der Waals surface area contributed by atoms with Gasteiger partial charge >= 0.3 is 0 Å². The van der Waals surface area contributed by atoms with Crippen molar-refractivity contribution in [2.45, 2.75) is 25.8 Å². The average Bonchev–Trinajstić information content (AvgIpc) is 2.96. The number of para-hydroxylation sites is 2. The molecule has 1 aliphatic heterocycles. The molecule has 0 spiro atoms. The number of benzene rings is 1. The number of methoxy groups -OCH3 is 1. The number of ether oxygens (including phenoxy) is 1. The fourth-order valence-corrected chi connectivity index (χ4v) is 2.96. The average molecular weight is 270 g/mol. The highest BCUT2D eigenvalue weighted by Gasteiger charge is 2.14. The summed E-state index contributed by atoms with van der Waals surface area (Å²) in [6, 6.07) is 12.5. The Hall–Kier alpha value is -1.74. The Morgan fingerprint density at radius 1 is 1.00 bits per heavy atom. The molecule has 20 heavy (non-hydrogen) atoms. The van der Waals surface area contributed by atoms with Crippen molar-refractivity contribution >= 4 is 0 Å². The van der Waals surface area contributed by atoms with E-state index in [-0.39, 0.29) is 0 Å². The Balaban J connectivity index is 1.85. The van der Waals surface area contributed by atoms with Crippen LogP contribution in [0.2, 0.25) is 0 Å². The first kappa shape index (κ1) is 13.3. The lowest BCUT2D eigenvalue weighted by atomic mass is 10.1. The fraction of sp³-hybridized carbons (Fsp3) is 0.412. The molecule has 106 valence electrons. The summed E-state index contributed by atoms with van der Waals surface area (Å²) in [5.74, 6) is 0.920. The van der Waals surface area contributed by atoms with Crippen molar-refractivity contribution in [3.63, 3.8) is 0 Å². The third-order valence-corrected chi connectivity index (χ3v) is 4.01. The summed E-state index contributed by atoms with van der Waals surface area (Å²) in [7, 11) is 1.73. The molecule has 0 unspecified atom stereocenters. The van der Waals surface area contributed by atoms with Crippen molar-refractivity contribution in [2.75, 3.05) is 20.2 Å². The minimum absolute atomic E-state index is 0.920. The maximum absolute atomic E-state index is 5.48. The second-order valence-electron chi connectivity index (χ2n) is 5.38. The van der Waals surface area contributed by atoms with E-state index in [2.05, 4.69) is 39.9 Å². The molecule has 3 nitrogen and oxygen atoms in total. The Morgan fingerprint density at radius 2 is 1.80 bits per heavy atom. The lowest BCUT2D eigenvalue weighted by Gasteiger charge is -2.27. The first-order chi connectivity index (χ1) is 9.88. The molecule has 1 fully saturated rings. The van der Waals surface area contributed by atoms with Crippen LogP contribution in [0, 0.1) is 0 Å². The molecule has 0 aliphatic carbocycles. The fourth-order valence-electron chi connectivity index (χ4n) is 2.96. The summed E-state index contributed by atoms with van der Waals surface area (Å²) < 4.78 is 7.72. The van der Waals surface area contributed by atoms with Gasteiger partial charge in [0, 0.05) is 18.4 Å². The minimum Gasteiger partial charge on any atom is -0.495 e. The van der Waals surface area contributed by atoms with Gasteiger partial charge in [0.2, 0.25) is 0 Å². The molecular weight excluding hydrogens is 248 g/mol. The lowest BCUT2D eigenvalue weighted by Crippen LogP contribution is -2.29. The van der Waals surface area contributed by atoms with E-state index in [4.69, 9.17) is 4.74 Å². The molecule has 0 bridgehead atoms. The van der Waals surface area contributed by atoms with Crippen molar-refractivity contribution in [3.8, 4) is 11.4 Å². The van der Waals surface area contributed by atoms with Gasteiger partial charge in [0.1, 0.15) is 5.75 Å². The van der Waals surface area contributed by atoms with E-state index in [1.54, 1.807) is 7.11 Å². The van der Waals surface area contributed by atoms with Gasteiger partial charge in [0.25, 0.3) is 0 Å². The second-order valence-corrected chi connectivity index (χ2v) is 5.38. The monoisotopic (exact) mass is 270 g/mol. The van der Waals surface area contributed by atoms with E-state index >= 15 is 0 Å². The minimum atomic E-state index is 0.920. The van der Waals surface area contributed by atoms with Crippen LogP contribution in [0.25, 0.3) is 5.69 Å². The molecule has 1 aromatic heterocycles. The van der Waals surface area contributed by atoms with Gasteiger partial charge in [0.05, 0.1) is 12.8 Å². The van der Waals surface area contributed by atoms with E-state index in [1.807, 2.05) is 12.1 Å². The van der Waals surface area contributed by atoms with E-state index in [9.17, 15) is 0 Å². The van der Waals surface area contributed by atoms with E-state index in [1.165, 1.54) is 38.0 Å². The van der Waals surface area contributed by atoms with Gasteiger partial charge < -0.3 is 9.30 Å². The van der Waals surface area contributed by atoms with Crippen LogP contribution in [0.1, 0.15) is 25.0 Å². The topological polar surface area (TPSA) is 17.4 Å². The normalized spacial score (nSPS) is 16.2. The first-order valence-electron chi connectivity index (χ1n) is 7.40. The quantitative estimate of drug-likeness (QED) is 0.846. The van der Waals surface area contributed by atoms with E-state index < -0.39 is 0 Å². The molecular formula is C17H22N2O. The molecule has 1 aliphatic rings. The molecule has 3 rings (SSSR count). The lowest BCUT2D eigenvalue weighted by molar-refractivity contribution is 0.217. The largest absolute Gasteiger partial charge is 0.495 e. The number of piperidine rings is 1. The van der Waals surface area contributed by atoms with Crippen LogP contribution < -0.4 is 4.74 Å². The predicted molar refractivity (Wildman–Crippen MR) is 81.4 cm³/mol. The first-order valence-corrected chi connectivity index (χ1v) is 7.40. The van der Waals surface area contributed by atoms with Gasteiger partial charge in [-0.25, -0.2) is 0 Å². The predicted octanol–water partition coefficient (Wildman–Crippen LogP) is 3.47. The summed E-state index contributed by atoms with van der Waals surface area (Å²) in [6.45, 7) is 3.46. The molecule has 2 aromatic rings. The molecule has 2 heterocycles. The number of hydrogen-bond donors (Lipinski definition) is 0. The zero-order valence-corrected chi connectivity index (χ0v) is 12.1. The number of hydrogen-bond acceptors (Lipinski definition) is 2. The van der Waals surface area contributed by atoms with Crippen molar-refractivity contribution < 1.29 is 4.74 Å². The highest BCUT2D eigenvalue weighted by Crippen LogP contribution is 2.25. The molecule has 1 aromatic carbocycles. The van der Waals surface area contributed by atoms with Gasteiger partial charge in [-0.3, -0.25) is 4.90 Å². The number of aromatic nitrogens is 1. The Morgan fingerprint density at radius 3 is 2.60 bits per heavy atom. The van der Waals surface area contributed by atoms with Crippen molar-refractivity contribution in [2.24, 2.45) is 0 Å². The standard InChI is InChI=1S/C17H22N2O/c1-20-17-10-4-3-9-16(17)19-13-7-8-15(19)14-18-11-5-2-6-12-18/h3-4,7-10,13H,2,5-6,11-12,14H2,1H3.